The lowest BCUT2D eigenvalue weighted by molar-refractivity contribution is 0.102. The summed E-state index contributed by atoms with van der Waals surface area (Å²) < 4.78 is 58.0. The number of amidine groups is 1. The van der Waals surface area contributed by atoms with Crippen LogP contribution in [0.25, 0.3) is 0 Å². The summed E-state index contributed by atoms with van der Waals surface area (Å²) in [5.74, 6) is -1.63. The number of rotatable bonds is 10. The number of amides is 1. The van der Waals surface area contributed by atoms with Crippen molar-refractivity contribution in [2.24, 2.45) is 10.9 Å². The Hall–Kier alpha value is -3.73. The first kappa shape index (κ1) is 31.2. The van der Waals surface area contributed by atoms with E-state index in [1.165, 1.54) is 35.6 Å². The van der Waals surface area contributed by atoms with Crippen molar-refractivity contribution >= 4 is 27.5 Å². The Bertz CT molecular complexity index is 1570. The Morgan fingerprint density at radius 3 is 2.43 bits per heavy atom. The predicted molar refractivity (Wildman–Crippen MR) is 160 cm³/mol. The highest BCUT2D eigenvalue weighted by atomic mass is 32.2. The highest BCUT2D eigenvalue weighted by molar-refractivity contribution is 7.91. The van der Waals surface area contributed by atoms with E-state index in [1.807, 2.05) is 26.0 Å². The van der Waals surface area contributed by atoms with Gasteiger partial charge in [-0.05, 0) is 87.1 Å². The van der Waals surface area contributed by atoms with Gasteiger partial charge in [-0.2, -0.15) is 0 Å². The number of anilines is 1. The number of aliphatic imine (C=N–C) groups is 1. The van der Waals surface area contributed by atoms with E-state index in [0.29, 0.717) is 19.3 Å². The lowest BCUT2D eigenvalue weighted by atomic mass is 9.71. The molecule has 0 bridgehead atoms. The maximum absolute atomic E-state index is 15.9. The number of aromatic nitrogens is 2. The van der Waals surface area contributed by atoms with Gasteiger partial charge in [0.05, 0.1) is 6.20 Å². The van der Waals surface area contributed by atoms with Crippen LogP contribution in [0.2, 0.25) is 0 Å². The first-order valence-electron chi connectivity index (χ1n) is 14.0. The summed E-state index contributed by atoms with van der Waals surface area (Å²) in [6.07, 6.45) is 6.71. The minimum atomic E-state index is -4.04. The van der Waals surface area contributed by atoms with Gasteiger partial charge in [0.15, 0.2) is 0 Å². The molecule has 224 valence electrons. The van der Waals surface area contributed by atoms with Gasteiger partial charge >= 0.3 is 0 Å². The van der Waals surface area contributed by atoms with Gasteiger partial charge in [-0.25, -0.2) is 22.2 Å². The maximum atomic E-state index is 15.9. The van der Waals surface area contributed by atoms with E-state index in [2.05, 4.69) is 15.3 Å². The third-order valence-electron chi connectivity index (χ3n) is 8.41. The zero-order valence-electron chi connectivity index (χ0n) is 24.6. The number of halogens is 2. The number of benzene rings is 1. The van der Waals surface area contributed by atoms with Crippen molar-refractivity contribution in [2.45, 2.75) is 70.1 Å². The van der Waals surface area contributed by atoms with Crippen LogP contribution in [0, 0.1) is 17.6 Å². The molecule has 8 nitrogen and oxygen atoms in total. The van der Waals surface area contributed by atoms with Crippen molar-refractivity contribution in [3.8, 4) is 0 Å². The highest BCUT2D eigenvalue weighted by Gasteiger charge is 2.63. The lowest BCUT2D eigenvalue weighted by Gasteiger charge is -2.52. The first-order chi connectivity index (χ1) is 19.9. The third kappa shape index (κ3) is 5.66. The van der Waals surface area contributed by atoms with E-state index < -0.39 is 37.9 Å². The zero-order chi connectivity index (χ0) is 30.7. The maximum Gasteiger partial charge on any atom is 0.274 e. The van der Waals surface area contributed by atoms with E-state index in [-0.39, 0.29) is 41.5 Å². The Kier molecular flexibility index (Phi) is 9.10. The average molecular weight is 598 g/mol. The van der Waals surface area contributed by atoms with Crippen molar-refractivity contribution in [1.29, 1.82) is 0 Å². The van der Waals surface area contributed by atoms with Crippen LogP contribution < -0.4 is 5.32 Å². The van der Waals surface area contributed by atoms with Crippen LogP contribution >= 0.6 is 0 Å². The van der Waals surface area contributed by atoms with Crippen LogP contribution in [0.15, 0.2) is 66.0 Å². The molecule has 1 aromatic carbocycles. The van der Waals surface area contributed by atoms with E-state index in [1.54, 1.807) is 26.2 Å². The average Bonchev–Trinajstić information content (AvgIpc) is 2.96. The summed E-state index contributed by atoms with van der Waals surface area (Å²) >= 11 is 0. The van der Waals surface area contributed by atoms with Crippen LogP contribution in [0.5, 0.6) is 0 Å². The zero-order valence-corrected chi connectivity index (χ0v) is 25.4. The molecule has 0 saturated heterocycles. The number of nitrogens with zero attached hydrogens (tertiary/aromatic N) is 4. The Labute approximate surface area is 246 Å². The summed E-state index contributed by atoms with van der Waals surface area (Å²) in [6, 6.07) is 10.2. The highest BCUT2D eigenvalue weighted by Crippen LogP contribution is 2.53. The second-order valence-electron chi connectivity index (χ2n) is 11.0. The van der Waals surface area contributed by atoms with E-state index in [0.717, 1.165) is 17.8 Å². The standard InChI is InChI=1S/C31H37F2N5O3S/c1-6-14-31(19-22(7-2)17-23-12-15-34-16-13-23)30(4,37-21(3)38(5)42(31,40)41)26-18-25(9-10-27(26)33)36-29(39)28-11-8-24(32)20-35-28/h8-13,15-16,18,20,22H,6-7,14,17,19H2,1-5H3,(H,36,39). The fourth-order valence-corrected chi connectivity index (χ4v) is 8.51. The van der Waals surface area contributed by atoms with Crippen molar-refractivity contribution in [1.82, 2.24) is 14.3 Å². The molecule has 0 saturated carbocycles. The molecule has 1 aliphatic rings. The number of hydrogen-bond acceptors (Lipinski definition) is 6. The number of hydrogen-bond donors (Lipinski definition) is 1. The van der Waals surface area contributed by atoms with Gasteiger partial charge in [-0.15, -0.1) is 0 Å². The molecule has 11 heteroatoms. The Morgan fingerprint density at radius 1 is 1.10 bits per heavy atom. The molecule has 1 amide bonds. The molecule has 0 radical (unpaired) electrons. The summed E-state index contributed by atoms with van der Waals surface area (Å²) in [5.41, 5.74) is -0.204. The Balaban J connectivity index is 1.85. The fourth-order valence-electron chi connectivity index (χ4n) is 6.03. The van der Waals surface area contributed by atoms with Gasteiger partial charge in [-0.3, -0.25) is 19.1 Å². The van der Waals surface area contributed by atoms with Gasteiger partial charge in [0.2, 0.25) is 10.0 Å². The molecule has 3 aromatic rings. The molecule has 1 N–H and O–H groups in total. The van der Waals surface area contributed by atoms with Gasteiger partial charge in [0.1, 0.15) is 33.4 Å². The molecule has 2 aromatic heterocycles. The summed E-state index contributed by atoms with van der Waals surface area (Å²) in [5, 5.41) is 2.68. The normalized spacial score (nSPS) is 22.4. The molecule has 3 unspecified atom stereocenters. The van der Waals surface area contributed by atoms with Gasteiger partial charge < -0.3 is 5.32 Å². The fraction of sp³-hybridized carbons (Fsp3) is 0.419. The number of carbonyl (C=O) groups excluding carboxylic acids is 1. The molecule has 3 heterocycles. The molecule has 0 spiro atoms. The van der Waals surface area contributed by atoms with Crippen molar-refractivity contribution in [3.05, 3.63) is 89.5 Å². The second-order valence-corrected chi connectivity index (χ2v) is 13.3. The van der Waals surface area contributed by atoms with Crippen LogP contribution in [0.3, 0.4) is 0 Å². The van der Waals surface area contributed by atoms with E-state index in [9.17, 15) is 17.6 Å². The molecular formula is C31H37F2N5O3S. The van der Waals surface area contributed by atoms with E-state index in [4.69, 9.17) is 4.99 Å². The third-order valence-corrected chi connectivity index (χ3v) is 11.2. The largest absolute Gasteiger partial charge is 0.321 e. The van der Waals surface area contributed by atoms with Crippen LogP contribution in [-0.2, 0) is 22.0 Å². The Morgan fingerprint density at radius 2 is 1.81 bits per heavy atom. The number of sulfonamides is 1. The monoisotopic (exact) mass is 597 g/mol. The smallest absolute Gasteiger partial charge is 0.274 e. The SMILES string of the molecule is CCCC1(CC(CC)Cc2ccncc2)C(C)(c2cc(NC(=O)c3ccc(F)cn3)ccc2F)N=C(C)N(C)S1(=O)=O. The number of pyridine rings is 2. The first-order valence-corrected chi connectivity index (χ1v) is 15.5. The molecule has 0 fully saturated rings. The van der Waals surface area contributed by atoms with Gasteiger partial charge in [-0.1, -0.05) is 26.7 Å². The van der Waals surface area contributed by atoms with Crippen LogP contribution in [0.1, 0.15) is 75.0 Å². The van der Waals surface area contributed by atoms with Crippen molar-refractivity contribution < 1.29 is 22.0 Å². The minimum absolute atomic E-state index is 0.0218. The van der Waals surface area contributed by atoms with Crippen molar-refractivity contribution in [3.63, 3.8) is 0 Å². The number of nitrogens with one attached hydrogen (secondary N) is 1. The lowest BCUT2D eigenvalue weighted by Crippen LogP contribution is -2.63. The van der Waals surface area contributed by atoms with E-state index >= 15 is 4.39 Å². The molecule has 1 aliphatic heterocycles. The molecule has 4 rings (SSSR count). The molecule has 42 heavy (non-hydrogen) atoms. The summed E-state index contributed by atoms with van der Waals surface area (Å²) in [7, 11) is -2.55. The quantitative estimate of drug-likeness (QED) is 0.304. The van der Waals surface area contributed by atoms with Crippen LogP contribution in [0.4, 0.5) is 14.5 Å². The second kappa shape index (κ2) is 12.2. The number of carbonyl (C=O) groups is 1. The molecular weight excluding hydrogens is 560 g/mol. The molecule has 3 atom stereocenters. The van der Waals surface area contributed by atoms with Gasteiger partial charge in [0.25, 0.3) is 5.91 Å². The minimum Gasteiger partial charge on any atom is -0.321 e. The summed E-state index contributed by atoms with van der Waals surface area (Å²) in [4.78, 5) is 25.7. The van der Waals surface area contributed by atoms with Crippen LogP contribution in [-0.4, -0.2) is 46.2 Å². The molecule has 0 aliphatic carbocycles. The predicted octanol–water partition coefficient (Wildman–Crippen LogP) is 6.11. The summed E-state index contributed by atoms with van der Waals surface area (Å²) in [6.45, 7) is 7.22. The van der Waals surface area contributed by atoms with Crippen molar-refractivity contribution in [2.75, 3.05) is 12.4 Å². The van der Waals surface area contributed by atoms with Gasteiger partial charge in [0, 0.05) is 30.7 Å². The topological polar surface area (TPSA) is 105 Å².